The molecule has 8 heteroatoms. The van der Waals surface area contributed by atoms with Crippen LogP contribution in [0.2, 0.25) is 0 Å². The lowest BCUT2D eigenvalue weighted by atomic mass is 10.1. The van der Waals surface area contributed by atoms with Gasteiger partial charge in [-0.15, -0.1) is 0 Å². The molecule has 0 saturated carbocycles. The monoisotopic (exact) mass is 363 g/mol. The Morgan fingerprint density at radius 3 is 2.52 bits per heavy atom. The Morgan fingerprint density at radius 2 is 2.00 bits per heavy atom. The van der Waals surface area contributed by atoms with E-state index in [2.05, 4.69) is 18.8 Å². The smallest absolute Gasteiger partial charge is 0.311 e. The van der Waals surface area contributed by atoms with Gasteiger partial charge in [-0.25, -0.2) is 0 Å². The van der Waals surface area contributed by atoms with Crippen LogP contribution in [-0.2, 0) is 22.4 Å². The number of imidazole rings is 1. The minimum Gasteiger partial charge on any atom is -0.466 e. The van der Waals surface area contributed by atoms with E-state index >= 15 is 0 Å². The first kappa shape index (κ1) is 18.9. The van der Waals surface area contributed by atoms with Gasteiger partial charge in [0.25, 0.3) is 5.69 Å². The second kappa shape index (κ2) is 8.06. The van der Waals surface area contributed by atoms with Crippen molar-refractivity contribution in [2.75, 3.05) is 6.61 Å². The number of nitrogens with zero attached hydrogens (tertiary/aromatic N) is 2. The number of carbonyl (C=O) groups excluding carboxylic acids is 1. The van der Waals surface area contributed by atoms with Gasteiger partial charge in [0.2, 0.25) is 0 Å². The van der Waals surface area contributed by atoms with E-state index in [4.69, 9.17) is 17.0 Å². The third-order valence-corrected chi connectivity index (χ3v) is 3.91. The fourth-order valence-electron chi connectivity index (χ4n) is 2.62. The molecule has 2 rings (SSSR count). The maximum absolute atomic E-state index is 12.0. The number of hydrogen-bond donors (Lipinski definition) is 1. The molecule has 0 spiro atoms. The second-order valence-corrected chi connectivity index (χ2v) is 6.43. The number of benzene rings is 1. The highest BCUT2D eigenvalue weighted by atomic mass is 32.1. The van der Waals surface area contributed by atoms with Crippen molar-refractivity contribution in [1.82, 2.24) is 9.55 Å². The Hall–Kier alpha value is -2.48. The second-order valence-electron chi connectivity index (χ2n) is 6.04. The van der Waals surface area contributed by atoms with Gasteiger partial charge >= 0.3 is 5.97 Å². The van der Waals surface area contributed by atoms with Crippen molar-refractivity contribution in [1.29, 1.82) is 0 Å². The van der Waals surface area contributed by atoms with Crippen LogP contribution in [0.1, 0.15) is 32.2 Å². The third-order valence-electron chi connectivity index (χ3n) is 3.63. The number of carbonyl (C=O) groups is 1. The van der Waals surface area contributed by atoms with Gasteiger partial charge in [-0.05, 0) is 43.6 Å². The highest BCUT2D eigenvalue weighted by Gasteiger charge is 2.19. The Bertz CT molecular complexity index is 821. The molecule has 0 fully saturated rings. The number of aromatic amines is 1. The predicted octanol–water partition coefficient (Wildman–Crippen LogP) is 3.75. The minimum atomic E-state index is -0.454. The molecule has 1 N–H and O–H groups in total. The molecule has 0 radical (unpaired) electrons. The first-order chi connectivity index (χ1) is 11.8. The van der Waals surface area contributed by atoms with Crippen LogP contribution in [0.4, 0.5) is 5.69 Å². The third kappa shape index (κ3) is 4.54. The van der Waals surface area contributed by atoms with Crippen LogP contribution in [0.25, 0.3) is 5.69 Å². The molecule has 0 atom stereocenters. The van der Waals surface area contributed by atoms with Crippen molar-refractivity contribution >= 4 is 23.9 Å². The summed E-state index contributed by atoms with van der Waals surface area (Å²) in [5, 5.41) is 10.8. The zero-order valence-electron chi connectivity index (χ0n) is 14.4. The normalized spacial score (nSPS) is 10.9. The maximum Gasteiger partial charge on any atom is 0.311 e. The lowest BCUT2D eigenvalue weighted by molar-refractivity contribution is -0.384. The molecule has 1 aromatic carbocycles. The van der Waals surface area contributed by atoms with Crippen LogP contribution in [0.15, 0.2) is 24.3 Å². The zero-order valence-corrected chi connectivity index (χ0v) is 15.3. The van der Waals surface area contributed by atoms with Crippen LogP contribution < -0.4 is 0 Å². The number of ether oxygens (including phenoxy) is 1. The highest BCUT2D eigenvalue weighted by molar-refractivity contribution is 7.71. The quantitative estimate of drug-likeness (QED) is 0.350. The predicted molar refractivity (Wildman–Crippen MR) is 96.5 cm³/mol. The molecule has 2 aromatic rings. The van der Waals surface area contributed by atoms with E-state index in [9.17, 15) is 14.9 Å². The van der Waals surface area contributed by atoms with Crippen molar-refractivity contribution in [2.24, 2.45) is 5.92 Å². The molecule has 0 bridgehead atoms. The molecule has 0 amide bonds. The summed E-state index contributed by atoms with van der Waals surface area (Å²) in [7, 11) is 0. The number of nitrogens with one attached hydrogen (secondary N) is 1. The standard InChI is InChI=1S/C17H21N3O4S/c1-4-24-16(21)10-15-14(9-11(2)3)18-17(25)19(15)12-5-7-13(8-6-12)20(22)23/h5-8,11H,4,9-10H2,1-3H3,(H,18,25). The Labute approximate surface area is 150 Å². The van der Waals surface area contributed by atoms with E-state index in [0.29, 0.717) is 23.0 Å². The SMILES string of the molecule is CCOC(=O)Cc1c(CC(C)C)[nH]c(=S)n1-c1ccc([N+](=O)[O-])cc1. The molecule has 0 aliphatic heterocycles. The number of nitro groups is 1. The number of nitro benzene ring substituents is 1. The number of H-pyrrole nitrogens is 1. The summed E-state index contributed by atoms with van der Waals surface area (Å²) in [6, 6.07) is 6.08. The molecule has 0 aliphatic rings. The summed E-state index contributed by atoms with van der Waals surface area (Å²) in [6.45, 7) is 6.22. The lowest BCUT2D eigenvalue weighted by Gasteiger charge is -2.11. The summed E-state index contributed by atoms with van der Waals surface area (Å²) in [4.78, 5) is 25.6. The van der Waals surface area contributed by atoms with Gasteiger partial charge < -0.3 is 9.72 Å². The van der Waals surface area contributed by atoms with Crippen molar-refractivity contribution in [3.05, 3.63) is 50.5 Å². The molecule has 0 unspecified atom stereocenters. The maximum atomic E-state index is 12.0. The average molecular weight is 363 g/mol. The van der Waals surface area contributed by atoms with E-state index in [1.54, 1.807) is 23.6 Å². The average Bonchev–Trinajstić information content (AvgIpc) is 2.82. The topological polar surface area (TPSA) is 90.2 Å². The Morgan fingerprint density at radius 1 is 1.36 bits per heavy atom. The number of esters is 1. The number of aromatic nitrogens is 2. The highest BCUT2D eigenvalue weighted by Crippen LogP contribution is 2.22. The van der Waals surface area contributed by atoms with Crippen LogP contribution >= 0.6 is 12.2 Å². The summed E-state index contributed by atoms with van der Waals surface area (Å²) < 4.78 is 7.26. The lowest BCUT2D eigenvalue weighted by Crippen LogP contribution is -2.13. The first-order valence-corrected chi connectivity index (χ1v) is 8.47. The summed E-state index contributed by atoms with van der Waals surface area (Å²) in [5.41, 5.74) is 2.28. The summed E-state index contributed by atoms with van der Waals surface area (Å²) in [6.07, 6.45) is 0.818. The van der Waals surface area contributed by atoms with Gasteiger partial charge in [-0.2, -0.15) is 0 Å². The van der Waals surface area contributed by atoms with Gasteiger partial charge in [0.15, 0.2) is 4.77 Å². The molecule has 0 saturated heterocycles. The van der Waals surface area contributed by atoms with Crippen LogP contribution in [0, 0.1) is 20.8 Å². The molecule has 25 heavy (non-hydrogen) atoms. The van der Waals surface area contributed by atoms with Crippen molar-refractivity contribution in [3.63, 3.8) is 0 Å². The van der Waals surface area contributed by atoms with E-state index in [1.807, 2.05) is 0 Å². The number of rotatable bonds is 7. The number of non-ortho nitro benzene ring substituents is 1. The van der Waals surface area contributed by atoms with Gasteiger partial charge in [0.1, 0.15) is 0 Å². The fourth-order valence-corrected chi connectivity index (χ4v) is 2.96. The largest absolute Gasteiger partial charge is 0.466 e. The molecular formula is C17H21N3O4S. The van der Waals surface area contributed by atoms with Gasteiger partial charge in [-0.1, -0.05) is 13.8 Å². The minimum absolute atomic E-state index is 0.000140. The molecule has 1 aromatic heterocycles. The molecular weight excluding hydrogens is 342 g/mol. The van der Waals surface area contributed by atoms with Crippen LogP contribution in [0.3, 0.4) is 0 Å². The molecule has 0 aliphatic carbocycles. The van der Waals surface area contributed by atoms with E-state index in [1.165, 1.54) is 12.1 Å². The van der Waals surface area contributed by atoms with Crippen LogP contribution in [-0.4, -0.2) is 27.1 Å². The molecule has 1 heterocycles. The van der Waals surface area contributed by atoms with E-state index in [-0.39, 0.29) is 18.1 Å². The Kier molecular flexibility index (Phi) is 6.08. The number of hydrogen-bond acceptors (Lipinski definition) is 5. The van der Waals surface area contributed by atoms with E-state index < -0.39 is 4.92 Å². The molecule has 134 valence electrons. The van der Waals surface area contributed by atoms with Crippen molar-refractivity contribution in [3.8, 4) is 5.69 Å². The van der Waals surface area contributed by atoms with Gasteiger partial charge in [0, 0.05) is 23.5 Å². The summed E-state index contributed by atoms with van der Waals surface area (Å²) >= 11 is 5.42. The Balaban J connectivity index is 2.51. The summed E-state index contributed by atoms with van der Waals surface area (Å²) in [5.74, 6) is 0.0384. The fraction of sp³-hybridized carbons (Fsp3) is 0.412. The first-order valence-electron chi connectivity index (χ1n) is 8.06. The van der Waals surface area contributed by atoms with Crippen molar-refractivity contribution < 1.29 is 14.5 Å². The molecule has 7 nitrogen and oxygen atoms in total. The van der Waals surface area contributed by atoms with Crippen molar-refractivity contribution in [2.45, 2.75) is 33.6 Å². The van der Waals surface area contributed by atoms with E-state index in [0.717, 1.165) is 17.8 Å². The van der Waals surface area contributed by atoms with Gasteiger partial charge in [-0.3, -0.25) is 19.5 Å². The zero-order chi connectivity index (χ0) is 18.6. The van der Waals surface area contributed by atoms with Crippen LogP contribution in [0.5, 0.6) is 0 Å². The van der Waals surface area contributed by atoms with Gasteiger partial charge in [0.05, 0.1) is 23.6 Å².